The Morgan fingerprint density at radius 2 is 0.645 bits per heavy atom. The van der Waals surface area contributed by atoms with Gasteiger partial charge in [-0.15, -0.1) is 0 Å². The number of para-hydroxylation sites is 4. The van der Waals surface area contributed by atoms with Crippen molar-refractivity contribution in [3.8, 4) is 23.0 Å². The molecule has 31 heavy (non-hydrogen) atoms. The topological polar surface area (TPSA) is 55.4 Å². The van der Waals surface area contributed by atoms with Gasteiger partial charge in [-0.1, -0.05) is 24.3 Å². The second-order valence-electron chi connectivity index (χ2n) is 6.93. The Hall–Kier alpha value is -1.84. The van der Waals surface area contributed by atoms with E-state index in [1.165, 1.54) is 0 Å². The van der Waals surface area contributed by atoms with E-state index < -0.39 is 0 Å². The fourth-order valence-corrected chi connectivity index (χ4v) is 2.95. The van der Waals surface area contributed by atoms with Crippen LogP contribution in [0, 0.1) is 0 Å². The molecule has 0 amide bonds. The minimum atomic E-state index is 0. The zero-order chi connectivity index (χ0) is 20.7. The summed E-state index contributed by atoms with van der Waals surface area (Å²) < 4.78 is 33.3. The summed E-state index contributed by atoms with van der Waals surface area (Å²) in [4.78, 5) is 0. The fourth-order valence-electron chi connectivity index (χ4n) is 2.95. The molecule has 0 saturated carbocycles. The van der Waals surface area contributed by atoms with Gasteiger partial charge >= 0.3 is 18.9 Å². The first-order valence-corrected chi connectivity index (χ1v) is 10.8. The summed E-state index contributed by atoms with van der Waals surface area (Å²) in [6, 6.07) is 15.6. The first-order valence-electron chi connectivity index (χ1n) is 10.8. The second-order valence-corrected chi connectivity index (χ2v) is 6.93. The van der Waals surface area contributed by atoms with Gasteiger partial charge in [-0.2, -0.15) is 0 Å². The van der Waals surface area contributed by atoms with E-state index in [2.05, 4.69) is 0 Å². The predicted octanol–water partition coefficient (Wildman–Crippen LogP) is 1.51. The van der Waals surface area contributed by atoms with E-state index in [0.717, 1.165) is 75.1 Å². The van der Waals surface area contributed by atoms with Crippen molar-refractivity contribution in [2.75, 3.05) is 52.9 Å². The molecule has 6 nitrogen and oxygen atoms in total. The molecule has 2 aliphatic heterocycles. The van der Waals surface area contributed by atoms with Crippen molar-refractivity contribution in [2.24, 2.45) is 0 Å². The number of rotatable bonds is 0. The first kappa shape index (κ1) is 25.4. The molecule has 4 rings (SSSR count). The van der Waals surface area contributed by atoms with Crippen molar-refractivity contribution >= 4 is 0 Å². The van der Waals surface area contributed by atoms with E-state index in [0.29, 0.717) is 26.4 Å². The van der Waals surface area contributed by atoms with Gasteiger partial charge in [0.1, 0.15) is 0 Å². The minimum absolute atomic E-state index is 0. The van der Waals surface area contributed by atoms with Crippen LogP contribution in [-0.2, 0) is 9.47 Å². The van der Waals surface area contributed by atoms with Gasteiger partial charge < -0.3 is 28.4 Å². The van der Waals surface area contributed by atoms with Crippen molar-refractivity contribution in [3.63, 3.8) is 0 Å². The third kappa shape index (κ3) is 9.88. The number of fused-ring (bicyclic) bond motifs is 2. The largest absolute Gasteiger partial charge is 1.00 e. The fraction of sp³-hybridized carbons (Fsp3) is 0.500. The van der Waals surface area contributed by atoms with E-state index in [1.807, 2.05) is 48.5 Å². The van der Waals surface area contributed by atoms with Crippen LogP contribution >= 0.6 is 0 Å². The molecule has 2 aliphatic rings. The van der Waals surface area contributed by atoms with Crippen LogP contribution in [0.3, 0.4) is 0 Å². The van der Waals surface area contributed by atoms with Gasteiger partial charge in [0.2, 0.25) is 0 Å². The quantitative estimate of drug-likeness (QED) is 0.599. The maximum absolute atomic E-state index is 5.61. The maximum atomic E-state index is 5.61. The smallest absolute Gasteiger partial charge is 0.490 e. The van der Waals surface area contributed by atoms with Crippen LogP contribution in [0.2, 0.25) is 0 Å². The van der Waals surface area contributed by atoms with Crippen molar-refractivity contribution in [2.45, 2.75) is 25.7 Å². The molecular formula is C24H32LiO6+. The molecule has 0 bridgehead atoms. The molecule has 0 N–H and O–H groups in total. The molecule has 7 heteroatoms. The summed E-state index contributed by atoms with van der Waals surface area (Å²) in [6.07, 6.45) is 3.70. The summed E-state index contributed by atoms with van der Waals surface area (Å²) in [5.41, 5.74) is 0. The Morgan fingerprint density at radius 3 is 0.903 bits per heavy atom. The van der Waals surface area contributed by atoms with E-state index >= 15 is 0 Å². The average molecular weight is 423 g/mol. The molecule has 0 atom stereocenters. The van der Waals surface area contributed by atoms with Crippen molar-refractivity contribution in [3.05, 3.63) is 48.5 Å². The predicted molar refractivity (Wildman–Crippen MR) is 115 cm³/mol. The van der Waals surface area contributed by atoms with Gasteiger partial charge in [-0.25, -0.2) is 0 Å². The first-order chi connectivity index (χ1) is 14.9. The molecule has 0 aliphatic carbocycles. The Kier molecular flexibility index (Phi) is 13.0. The van der Waals surface area contributed by atoms with Gasteiger partial charge in [0.05, 0.1) is 26.4 Å². The number of hydrogen-bond donors (Lipinski definition) is 0. The van der Waals surface area contributed by atoms with Crippen LogP contribution in [0.25, 0.3) is 0 Å². The summed E-state index contributed by atoms with van der Waals surface area (Å²) >= 11 is 0. The van der Waals surface area contributed by atoms with Crippen LogP contribution in [0.5, 0.6) is 23.0 Å². The van der Waals surface area contributed by atoms with Gasteiger partial charge in [0.25, 0.3) is 0 Å². The van der Waals surface area contributed by atoms with Gasteiger partial charge in [0.15, 0.2) is 23.0 Å². The van der Waals surface area contributed by atoms with Gasteiger partial charge in [-0.3, -0.25) is 0 Å². The molecular weight excluding hydrogens is 391 g/mol. The van der Waals surface area contributed by atoms with E-state index in [4.69, 9.17) is 28.4 Å². The molecule has 0 radical (unpaired) electrons. The Bertz CT molecular complexity index is 607. The van der Waals surface area contributed by atoms with Crippen molar-refractivity contribution in [1.82, 2.24) is 0 Å². The molecule has 0 fully saturated rings. The van der Waals surface area contributed by atoms with Crippen LogP contribution in [0.4, 0.5) is 0 Å². The number of ether oxygens (including phenoxy) is 6. The zero-order valence-corrected chi connectivity index (χ0v) is 18.6. The SMILES string of the molecule is [Li+].c1ccc2c(c1)OCCCOCCCO2.c1ccc2c(c1)OCCCOCCCO2. The van der Waals surface area contributed by atoms with E-state index in [1.54, 1.807) is 0 Å². The van der Waals surface area contributed by atoms with E-state index in [-0.39, 0.29) is 18.9 Å². The Labute approximate surface area is 197 Å². The van der Waals surface area contributed by atoms with Crippen molar-refractivity contribution < 1.29 is 47.3 Å². The van der Waals surface area contributed by atoms with Crippen molar-refractivity contribution in [1.29, 1.82) is 0 Å². The molecule has 0 unspecified atom stereocenters. The number of benzene rings is 2. The number of hydrogen-bond acceptors (Lipinski definition) is 6. The molecule has 164 valence electrons. The molecule has 0 spiro atoms. The molecule has 0 aromatic heterocycles. The Morgan fingerprint density at radius 1 is 0.387 bits per heavy atom. The van der Waals surface area contributed by atoms with Crippen LogP contribution in [0.1, 0.15) is 25.7 Å². The van der Waals surface area contributed by atoms with Gasteiger partial charge in [0, 0.05) is 52.1 Å². The molecule has 2 aromatic carbocycles. The third-order valence-electron chi connectivity index (χ3n) is 4.46. The zero-order valence-electron chi connectivity index (χ0n) is 18.6. The molecule has 0 saturated heterocycles. The monoisotopic (exact) mass is 423 g/mol. The van der Waals surface area contributed by atoms with Gasteiger partial charge in [-0.05, 0) is 24.3 Å². The van der Waals surface area contributed by atoms with Crippen LogP contribution in [0.15, 0.2) is 48.5 Å². The molecule has 2 heterocycles. The standard InChI is InChI=1S/2C12H16O3.Li/c2*1-2-6-12-11(5-1)14-9-3-7-13-8-4-10-15-12;/h2*1-2,5-6H,3-4,7-10H2;/q;;+1. The van der Waals surface area contributed by atoms with Crippen LogP contribution < -0.4 is 37.8 Å². The average Bonchev–Trinajstić information content (AvgIpc) is 2.87. The summed E-state index contributed by atoms with van der Waals surface area (Å²) in [5.74, 6) is 3.33. The Balaban J connectivity index is 0.000000213. The maximum Gasteiger partial charge on any atom is 1.00 e. The normalized spacial score (nSPS) is 17.3. The summed E-state index contributed by atoms with van der Waals surface area (Å²) in [5, 5.41) is 0. The third-order valence-corrected chi connectivity index (χ3v) is 4.46. The summed E-state index contributed by atoms with van der Waals surface area (Å²) in [6.45, 7) is 5.79. The molecule has 2 aromatic rings. The minimum Gasteiger partial charge on any atom is -0.490 e. The van der Waals surface area contributed by atoms with Crippen LogP contribution in [-0.4, -0.2) is 52.9 Å². The second kappa shape index (κ2) is 15.9. The van der Waals surface area contributed by atoms with E-state index in [9.17, 15) is 0 Å². The summed E-state index contributed by atoms with van der Waals surface area (Å²) in [7, 11) is 0.